The molecule has 2 aliphatic rings. The van der Waals surface area contributed by atoms with E-state index in [1.807, 2.05) is 0 Å². The molecule has 1 amide bonds. The van der Waals surface area contributed by atoms with Crippen LogP contribution >= 0.6 is 0 Å². The van der Waals surface area contributed by atoms with Gasteiger partial charge in [-0.05, 0) is 25.3 Å². The highest BCUT2D eigenvalue weighted by Crippen LogP contribution is 2.33. The van der Waals surface area contributed by atoms with E-state index in [0.717, 1.165) is 12.8 Å². The fraction of sp³-hybridized carbons (Fsp3) is 0.500. The van der Waals surface area contributed by atoms with Crippen molar-refractivity contribution in [2.75, 3.05) is 0 Å². The van der Waals surface area contributed by atoms with Crippen molar-refractivity contribution in [1.82, 2.24) is 10.6 Å². The zero-order chi connectivity index (χ0) is 12.5. The van der Waals surface area contributed by atoms with Crippen molar-refractivity contribution in [3.8, 4) is 0 Å². The fourth-order valence-electron chi connectivity index (χ4n) is 3.07. The number of fused-ring (bicyclic) bond motifs is 2. The first-order valence-corrected chi connectivity index (χ1v) is 6.51. The third kappa shape index (κ3) is 2.12. The number of hydrogen-bond donors (Lipinski definition) is 2. The largest absolute Gasteiger partial charge is 0.352 e. The highest BCUT2D eigenvalue weighted by molar-refractivity contribution is 5.80. The van der Waals surface area contributed by atoms with E-state index in [1.54, 1.807) is 18.2 Å². The molecule has 2 bridgehead atoms. The number of halogens is 1. The molecule has 2 fully saturated rings. The van der Waals surface area contributed by atoms with Gasteiger partial charge < -0.3 is 10.6 Å². The second kappa shape index (κ2) is 4.69. The molecule has 0 aliphatic carbocycles. The predicted octanol–water partition coefficient (Wildman–Crippen LogP) is 1.58. The van der Waals surface area contributed by atoms with Gasteiger partial charge in [0.25, 0.3) is 0 Å². The van der Waals surface area contributed by atoms with Crippen LogP contribution in [0.3, 0.4) is 0 Å². The summed E-state index contributed by atoms with van der Waals surface area (Å²) in [6.45, 7) is 0.277. The maximum atomic E-state index is 13.4. The zero-order valence-electron chi connectivity index (χ0n) is 10.2. The van der Waals surface area contributed by atoms with Crippen LogP contribution in [0.15, 0.2) is 24.3 Å². The molecule has 0 radical (unpaired) electrons. The van der Waals surface area contributed by atoms with Gasteiger partial charge in [0.15, 0.2) is 0 Å². The Kier molecular flexibility index (Phi) is 3.04. The number of hydrogen-bond acceptors (Lipinski definition) is 2. The van der Waals surface area contributed by atoms with Gasteiger partial charge in [-0.2, -0.15) is 0 Å². The van der Waals surface area contributed by atoms with Crippen molar-refractivity contribution in [2.24, 2.45) is 5.92 Å². The minimum absolute atomic E-state index is 0.0537. The molecule has 3 unspecified atom stereocenters. The molecule has 2 aliphatic heterocycles. The first-order chi connectivity index (χ1) is 8.74. The van der Waals surface area contributed by atoms with Gasteiger partial charge in [-0.3, -0.25) is 4.79 Å². The monoisotopic (exact) mass is 248 g/mol. The summed E-state index contributed by atoms with van der Waals surface area (Å²) in [5, 5.41) is 6.28. The standard InChI is InChI=1S/C14H17FN2O/c15-12-4-2-1-3-9(12)8-16-14(18)11-7-10-5-6-13(11)17-10/h1-4,10-11,13,17H,5-8H2,(H,16,18). The molecule has 96 valence electrons. The third-order valence-corrected chi connectivity index (χ3v) is 4.05. The van der Waals surface area contributed by atoms with E-state index in [4.69, 9.17) is 0 Å². The molecule has 2 saturated heterocycles. The quantitative estimate of drug-likeness (QED) is 0.852. The lowest BCUT2D eigenvalue weighted by Crippen LogP contribution is -2.37. The number of carbonyl (C=O) groups is 1. The van der Waals surface area contributed by atoms with E-state index in [2.05, 4.69) is 10.6 Å². The summed E-state index contributed by atoms with van der Waals surface area (Å²) in [5.41, 5.74) is 0.543. The van der Waals surface area contributed by atoms with Crippen molar-refractivity contribution < 1.29 is 9.18 Å². The highest BCUT2D eigenvalue weighted by atomic mass is 19.1. The van der Waals surface area contributed by atoms with Crippen LogP contribution in [0, 0.1) is 11.7 Å². The molecular weight excluding hydrogens is 231 g/mol. The van der Waals surface area contributed by atoms with Crippen molar-refractivity contribution in [3.05, 3.63) is 35.6 Å². The molecule has 18 heavy (non-hydrogen) atoms. The predicted molar refractivity (Wildman–Crippen MR) is 66.3 cm³/mol. The van der Waals surface area contributed by atoms with Crippen LogP contribution in [0.5, 0.6) is 0 Å². The Balaban J connectivity index is 1.58. The molecule has 1 aromatic rings. The van der Waals surface area contributed by atoms with Crippen LogP contribution in [0.1, 0.15) is 24.8 Å². The van der Waals surface area contributed by atoms with E-state index in [1.165, 1.54) is 12.5 Å². The zero-order valence-corrected chi connectivity index (χ0v) is 10.2. The van der Waals surface area contributed by atoms with E-state index < -0.39 is 0 Å². The summed E-state index contributed by atoms with van der Waals surface area (Å²) >= 11 is 0. The molecule has 4 heteroatoms. The molecule has 0 spiro atoms. The summed E-state index contributed by atoms with van der Waals surface area (Å²) in [7, 11) is 0. The lowest BCUT2D eigenvalue weighted by Gasteiger charge is -2.19. The van der Waals surface area contributed by atoms with Crippen molar-refractivity contribution >= 4 is 5.91 Å². The average molecular weight is 248 g/mol. The third-order valence-electron chi connectivity index (χ3n) is 4.05. The van der Waals surface area contributed by atoms with Gasteiger partial charge in [-0.25, -0.2) is 4.39 Å². The Labute approximate surface area is 106 Å². The Morgan fingerprint density at radius 1 is 1.39 bits per heavy atom. The van der Waals surface area contributed by atoms with Gasteiger partial charge in [0.1, 0.15) is 5.82 Å². The molecule has 2 heterocycles. The van der Waals surface area contributed by atoms with Gasteiger partial charge in [0.05, 0.1) is 5.92 Å². The highest BCUT2D eigenvalue weighted by Gasteiger charge is 2.42. The molecule has 3 atom stereocenters. The molecule has 3 rings (SSSR count). The second-order valence-electron chi connectivity index (χ2n) is 5.20. The van der Waals surface area contributed by atoms with Crippen molar-refractivity contribution in [2.45, 2.75) is 37.9 Å². The first-order valence-electron chi connectivity index (χ1n) is 6.51. The van der Waals surface area contributed by atoms with Gasteiger partial charge >= 0.3 is 0 Å². The Bertz CT molecular complexity index is 463. The molecule has 3 nitrogen and oxygen atoms in total. The molecule has 2 N–H and O–H groups in total. The first kappa shape index (κ1) is 11.7. The van der Waals surface area contributed by atoms with Crippen LogP contribution in [0.25, 0.3) is 0 Å². The minimum atomic E-state index is -0.260. The maximum Gasteiger partial charge on any atom is 0.225 e. The fourth-order valence-corrected chi connectivity index (χ4v) is 3.07. The summed E-state index contributed by atoms with van der Waals surface area (Å²) in [5.74, 6) is -0.141. The summed E-state index contributed by atoms with van der Waals surface area (Å²) in [6.07, 6.45) is 3.19. The smallest absolute Gasteiger partial charge is 0.225 e. The van der Waals surface area contributed by atoms with Crippen LogP contribution in [-0.4, -0.2) is 18.0 Å². The number of rotatable bonds is 3. The maximum absolute atomic E-state index is 13.4. The van der Waals surface area contributed by atoms with Gasteiger partial charge in [0, 0.05) is 24.2 Å². The lowest BCUT2D eigenvalue weighted by atomic mass is 9.88. The van der Waals surface area contributed by atoms with Crippen molar-refractivity contribution in [3.63, 3.8) is 0 Å². The van der Waals surface area contributed by atoms with Crippen LogP contribution < -0.4 is 10.6 Å². The van der Waals surface area contributed by atoms with Gasteiger partial charge in [-0.1, -0.05) is 18.2 Å². The van der Waals surface area contributed by atoms with E-state index in [0.29, 0.717) is 17.6 Å². The number of amides is 1. The van der Waals surface area contributed by atoms with E-state index in [9.17, 15) is 9.18 Å². The molecule has 1 aromatic carbocycles. The normalized spacial score (nSPS) is 29.5. The topological polar surface area (TPSA) is 41.1 Å². The summed E-state index contributed by atoms with van der Waals surface area (Å²) in [6, 6.07) is 7.40. The van der Waals surface area contributed by atoms with Gasteiger partial charge in [0.2, 0.25) is 5.91 Å². The Hall–Kier alpha value is -1.42. The van der Waals surface area contributed by atoms with Crippen LogP contribution in [0.2, 0.25) is 0 Å². The number of benzene rings is 1. The van der Waals surface area contributed by atoms with E-state index in [-0.39, 0.29) is 24.2 Å². The minimum Gasteiger partial charge on any atom is -0.352 e. The summed E-state index contributed by atoms with van der Waals surface area (Å²) in [4.78, 5) is 12.0. The Morgan fingerprint density at radius 3 is 2.89 bits per heavy atom. The molecular formula is C14H17FN2O. The summed E-state index contributed by atoms with van der Waals surface area (Å²) < 4.78 is 13.4. The molecule has 0 aromatic heterocycles. The number of carbonyl (C=O) groups excluding carboxylic acids is 1. The second-order valence-corrected chi connectivity index (χ2v) is 5.20. The van der Waals surface area contributed by atoms with Gasteiger partial charge in [-0.15, -0.1) is 0 Å². The van der Waals surface area contributed by atoms with Crippen LogP contribution in [0.4, 0.5) is 4.39 Å². The Morgan fingerprint density at radius 2 is 2.22 bits per heavy atom. The van der Waals surface area contributed by atoms with E-state index >= 15 is 0 Å². The number of nitrogens with one attached hydrogen (secondary N) is 2. The van der Waals surface area contributed by atoms with Crippen LogP contribution in [-0.2, 0) is 11.3 Å². The van der Waals surface area contributed by atoms with Crippen molar-refractivity contribution in [1.29, 1.82) is 0 Å². The lowest BCUT2D eigenvalue weighted by molar-refractivity contribution is -0.125. The average Bonchev–Trinajstić information content (AvgIpc) is 2.99. The SMILES string of the molecule is O=C(NCc1ccccc1F)C1CC2CCC1N2. The molecule has 0 saturated carbocycles.